The summed E-state index contributed by atoms with van der Waals surface area (Å²) in [5, 5.41) is 18.0. The largest absolute Gasteiger partial charge is 0.497 e. The Hall–Kier alpha value is -14.0. The summed E-state index contributed by atoms with van der Waals surface area (Å²) in [6, 6.07) is 142. The van der Waals surface area contributed by atoms with E-state index >= 15 is 0 Å². The highest BCUT2D eigenvalue weighted by Crippen LogP contribution is 2.40. The third kappa shape index (κ3) is 36.8. The molecule has 144 heavy (non-hydrogen) atoms. The van der Waals surface area contributed by atoms with E-state index < -0.39 is 11.9 Å². The number of aliphatic carboxylic acids is 1. The van der Waals surface area contributed by atoms with Gasteiger partial charge in [0.2, 0.25) is 11.8 Å². The fourth-order valence-electron chi connectivity index (χ4n) is 14.1. The second-order valence-electron chi connectivity index (χ2n) is 31.5. The SMILES string of the molecule is COc1ccc(-c2ccc(Sc3ccccc3CC(=O)NO)cc2)cc1.COc1ccc(-c2ccc(Sc3ccccc3CC(=O)NOCc3ccccc3)cc2)cc1.COc1ccc(-c2ccc(Sc3ccccc3CC(=O)O)cc2)cc1.COc1ccc(-c2ccc(Sc3ccccc3CC(=O)OCc3ccccc3)cc2)cc1.ClCCl.O=C(Cc1ccccc1Sc1ccc(Br)cc1)OCc1ccccc1. The summed E-state index contributed by atoms with van der Waals surface area (Å²) >= 11 is 21.1. The Bertz CT molecular complexity index is 6840. The van der Waals surface area contributed by atoms with E-state index in [0.717, 1.165) is 165 Å². The number of carbonyl (C=O) groups excluding carboxylic acids is 4. The number of esters is 2. The van der Waals surface area contributed by atoms with Crippen LogP contribution >= 0.6 is 97.9 Å². The molecule has 0 aliphatic heterocycles. The van der Waals surface area contributed by atoms with E-state index in [1.54, 1.807) is 92.7 Å². The van der Waals surface area contributed by atoms with Crippen LogP contribution in [-0.4, -0.2) is 73.8 Å². The van der Waals surface area contributed by atoms with Crippen molar-refractivity contribution >= 4 is 128 Å². The minimum Gasteiger partial charge on any atom is -0.497 e. The Morgan fingerprint density at radius 3 is 0.736 bits per heavy atom. The topological polar surface area (TPSA) is 214 Å². The number of amides is 2. The summed E-state index contributed by atoms with van der Waals surface area (Å²) < 4.78 is 32.7. The molecular weight excluding hydrogens is 2000 g/mol. The Morgan fingerprint density at radius 2 is 0.486 bits per heavy atom. The minimum absolute atomic E-state index is 0.0348. The molecule has 0 bridgehead atoms. The second kappa shape index (κ2) is 59.8. The van der Waals surface area contributed by atoms with E-state index in [4.69, 9.17) is 66.8 Å². The quantitative estimate of drug-likeness (QED) is 0.0126. The van der Waals surface area contributed by atoms with Crippen molar-refractivity contribution in [1.29, 1.82) is 0 Å². The summed E-state index contributed by atoms with van der Waals surface area (Å²) in [5.74, 6) is 1.52. The molecule has 17 aromatic carbocycles. The molecule has 0 aliphatic rings. The van der Waals surface area contributed by atoms with Gasteiger partial charge in [0.1, 0.15) is 36.2 Å². The lowest BCUT2D eigenvalue weighted by atomic mass is 10.1. The van der Waals surface area contributed by atoms with E-state index in [1.807, 2.05) is 297 Å². The highest BCUT2D eigenvalue weighted by Gasteiger charge is 2.18. The fourth-order valence-corrected chi connectivity index (χ4v) is 19.1. The maximum atomic E-state index is 12.4. The predicted molar refractivity (Wildman–Crippen MR) is 585 cm³/mol. The third-order valence-corrected chi connectivity index (χ3v) is 27.7. The van der Waals surface area contributed by atoms with Gasteiger partial charge >= 0.3 is 17.9 Å². The van der Waals surface area contributed by atoms with Gasteiger partial charge in [-0.15, -0.1) is 23.2 Å². The highest BCUT2D eigenvalue weighted by molar-refractivity contribution is 9.10. The molecule has 0 spiro atoms. The van der Waals surface area contributed by atoms with Gasteiger partial charge in [0.05, 0.1) is 72.5 Å². The first-order valence-electron chi connectivity index (χ1n) is 45.5. The van der Waals surface area contributed by atoms with E-state index in [9.17, 15) is 24.0 Å². The molecule has 0 radical (unpaired) electrons. The zero-order valence-electron chi connectivity index (χ0n) is 79.3. The molecule has 0 heterocycles. The number of halogens is 3. The van der Waals surface area contributed by atoms with Gasteiger partial charge in [0.15, 0.2) is 0 Å². The van der Waals surface area contributed by atoms with E-state index in [1.165, 1.54) is 0 Å². The lowest BCUT2D eigenvalue weighted by Gasteiger charge is -2.11. The molecule has 16 nitrogen and oxygen atoms in total. The second-order valence-corrected chi connectivity index (χ2v) is 38.8. The van der Waals surface area contributed by atoms with Crippen molar-refractivity contribution in [2.24, 2.45) is 0 Å². The van der Waals surface area contributed by atoms with Gasteiger partial charge < -0.3 is 33.5 Å². The molecule has 0 saturated carbocycles. The monoisotopic (exact) mass is 2110 g/mol. The Labute approximate surface area is 880 Å². The van der Waals surface area contributed by atoms with Crippen LogP contribution in [0.25, 0.3) is 44.5 Å². The van der Waals surface area contributed by atoms with Crippen molar-refractivity contribution in [2.45, 2.75) is 101 Å². The maximum Gasteiger partial charge on any atom is 0.310 e. The lowest BCUT2D eigenvalue weighted by molar-refractivity contribution is -0.145. The molecule has 2 amide bonds. The molecule has 0 atom stereocenters. The molecule has 0 saturated heterocycles. The number of benzene rings is 17. The van der Waals surface area contributed by atoms with Gasteiger partial charge in [-0.25, -0.2) is 11.0 Å². The van der Waals surface area contributed by atoms with Crippen LogP contribution in [0.1, 0.15) is 44.5 Å². The number of hydrogen-bond acceptors (Lipinski definition) is 18. The van der Waals surface area contributed by atoms with Gasteiger partial charge in [-0.05, 0) is 241 Å². The summed E-state index contributed by atoms with van der Waals surface area (Å²) in [6.07, 6.45) is 0.949. The van der Waals surface area contributed by atoms with Gasteiger partial charge in [0, 0.05) is 53.4 Å². The number of nitrogens with one attached hydrogen (secondary N) is 2. The number of hydrogen-bond donors (Lipinski definition) is 4. The van der Waals surface area contributed by atoms with Crippen molar-refractivity contribution in [3.05, 3.63) is 480 Å². The van der Waals surface area contributed by atoms with Crippen molar-refractivity contribution in [3.8, 4) is 67.5 Å². The molecule has 4 N–H and O–H groups in total. The lowest BCUT2D eigenvalue weighted by Crippen LogP contribution is -2.25. The normalized spacial score (nSPS) is 10.4. The van der Waals surface area contributed by atoms with E-state index in [2.05, 4.69) is 155 Å². The zero-order valence-corrected chi connectivity index (χ0v) is 86.5. The van der Waals surface area contributed by atoms with Gasteiger partial charge in [-0.1, -0.05) is 354 Å². The summed E-state index contributed by atoms with van der Waals surface area (Å²) in [4.78, 5) is 75.5. The van der Waals surface area contributed by atoms with Crippen LogP contribution in [0.5, 0.6) is 23.0 Å². The Balaban J connectivity index is 0.000000160. The predicted octanol–water partition coefficient (Wildman–Crippen LogP) is 30.1. The first kappa shape index (κ1) is 109. The Kier molecular flexibility index (Phi) is 45.2. The van der Waals surface area contributed by atoms with Crippen LogP contribution in [0.4, 0.5) is 0 Å². The highest BCUT2D eigenvalue weighted by atomic mass is 79.9. The molecule has 17 rings (SSSR count). The van der Waals surface area contributed by atoms with Crippen LogP contribution in [0.3, 0.4) is 0 Å². The van der Waals surface area contributed by atoms with Crippen molar-refractivity contribution in [3.63, 3.8) is 0 Å². The molecule has 0 unspecified atom stereocenters. The number of rotatable bonds is 35. The first-order chi connectivity index (χ1) is 70.4. The first-order valence-corrected chi connectivity index (χ1v) is 51.5. The van der Waals surface area contributed by atoms with Crippen LogP contribution < -0.4 is 29.9 Å². The third-order valence-electron chi connectivity index (χ3n) is 21.5. The van der Waals surface area contributed by atoms with Crippen LogP contribution in [0.2, 0.25) is 0 Å². The maximum absolute atomic E-state index is 12.4. The van der Waals surface area contributed by atoms with Crippen LogP contribution in [0, 0.1) is 0 Å². The van der Waals surface area contributed by atoms with Crippen LogP contribution in [-0.2, 0) is 90.2 Å². The van der Waals surface area contributed by atoms with Crippen molar-refractivity contribution < 1.29 is 67.5 Å². The number of hydroxylamine groups is 2. The summed E-state index contributed by atoms with van der Waals surface area (Å²) in [6.45, 7) is 0.938. The molecule has 0 fully saturated rings. The molecule has 24 heteroatoms. The molecular formula is C120H105BrCl2N2O14S5. The van der Waals surface area contributed by atoms with Crippen molar-refractivity contribution in [1.82, 2.24) is 11.0 Å². The number of carboxylic acids is 1. The number of ether oxygens (including phenoxy) is 6. The van der Waals surface area contributed by atoms with Crippen molar-refractivity contribution in [2.75, 3.05) is 33.8 Å². The van der Waals surface area contributed by atoms with Gasteiger partial charge in [-0.3, -0.25) is 34.0 Å². The minimum atomic E-state index is -0.817. The number of alkyl halides is 2. The zero-order chi connectivity index (χ0) is 101. The number of carbonyl (C=O) groups is 5. The number of carboxylic acid groups (broad SMARTS) is 1. The Morgan fingerprint density at radius 1 is 0.271 bits per heavy atom. The molecule has 17 aromatic rings. The molecule has 0 aliphatic carbocycles. The smallest absolute Gasteiger partial charge is 0.310 e. The molecule has 0 aromatic heterocycles. The summed E-state index contributed by atoms with van der Waals surface area (Å²) in [5.41, 5.74) is 20.9. The van der Waals surface area contributed by atoms with Gasteiger partial charge in [0.25, 0.3) is 0 Å². The summed E-state index contributed by atoms with van der Waals surface area (Å²) in [7, 11) is 6.65. The van der Waals surface area contributed by atoms with Gasteiger partial charge in [-0.2, -0.15) is 0 Å². The average Bonchev–Trinajstić information content (AvgIpc) is 0.842. The van der Waals surface area contributed by atoms with Crippen LogP contribution in [0.15, 0.2) is 484 Å². The van der Waals surface area contributed by atoms with E-state index in [-0.39, 0.29) is 55.3 Å². The van der Waals surface area contributed by atoms with E-state index in [0.29, 0.717) is 19.8 Å². The fraction of sp³-hybridized carbons (Fsp3) is 0.108. The number of methoxy groups -OCH3 is 4. The molecule has 730 valence electrons. The standard InChI is InChI=1S/C28H25NO3S.C28H24O3S.C21H17BrO2S.C21H19NO3S.C21H18O3S.CH2Cl2/c1-31-25-15-11-22(12-16-25)23-13-17-26(18-14-23)33-27-10-6-5-9-24(27)19-28(30)29-32-20-21-7-3-2-4-8-21;1-30-25-15-11-22(12-16-25)23-13-17-26(18-14-23)32-27-10-6-5-9-24(27)19-28(29)31-20-21-7-3-2-4-8-21;22-18-10-12-19(13-11-18)25-20-9-5-4-8-17(20)14-21(23)24-15-16-6-2-1-3-7-16;1-25-18-10-6-15(7-11-18)16-8-12-19(13-9-16)26-20-5-3-2-4-17(20)14-21(23)22-24;1-24-18-10-6-15(7-11-18)16-8-12-19(13-9-16)25-20-5-3-2-4-17(20)14-21(22)23;2-1-3/h2-18H,19-20H2,1H3,(H,29,30);2-18H,19-20H2,1H3;1-13H,14-15H2;2-13,24H,14H2,1H3,(H,22,23);2-13H,14H2,1H3,(H,22,23);1H2. The average molecular weight is 2110 g/mol.